The minimum Gasteiger partial charge on any atom is -0.480 e. The van der Waals surface area contributed by atoms with Crippen molar-refractivity contribution in [3.05, 3.63) is 71.8 Å². The maximum Gasteiger partial charge on any atom is 0.326 e. The third kappa shape index (κ3) is 12.8. The van der Waals surface area contributed by atoms with Crippen molar-refractivity contribution < 1.29 is 48.9 Å². The lowest BCUT2D eigenvalue weighted by Crippen LogP contribution is -2.61. The van der Waals surface area contributed by atoms with Crippen molar-refractivity contribution in [1.82, 2.24) is 26.6 Å². The van der Waals surface area contributed by atoms with Gasteiger partial charge in [-0.2, -0.15) is 0 Å². The second kappa shape index (κ2) is 19.3. The van der Waals surface area contributed by atoms with Gasteiger partial charge in [-0.05, 0) is 18.1 Å². The number of benzene rings is 2. The third-order valence-corrected chi connectivity index (χ3v) is 6.90. The number of primary amides is 1. The molecule has 0 fully saturated rings. The molecule has 6 amide bonds. The van der Waals surface area contributed by atoms with Gasteiger partial charge in [-0.3, -0.25) is 28.8 Å². The molecular formula is C31H41N7O10. The van der Waals surface area contributed by atoms with Crippen LogP contribution in [-0.2, 0) is 46.4 Å². The van der Waals surface area contributed by atoms with E-state index in [0.717, 1.165) is 0 Å². The second-order valence-corrected chi connectivity index (χ2v) is 10.8. The van der Waals surface area contributed by atoms with E-state index in [1.807, 2.05) is 0 Å². The summed E-state index contributed by atoms with van der Waals surface area (Å²) < 4.78 is 0. The van der Waals surface area contributed by atoms with Crippen LogP contribution in [0, 0.1) is 0 Å². The van der Waals surface area contributed by atoms with E-state index in [1.54, 1.807) is 60.7 Å². The van der Waals surface area contributed by atoms with Gasteiger partial charge in [0.15, 0.2) is 0 Å². The van der Waals surface area contributed by atoms with Crippen molar-refractivity contribution in [1.29, 1.82) is 0 Å². The maximum absolute atomic E-state index is 13.2. The van der Waals surface area contributed by atoms with Crippen LogP contribution in [-0.4, -0.2) is 106 Å². The van der Waals surface area contributed by atoms with Gasteiger partial charge >= 0.3 is 5.97 Å². The largest absolute Gasteiger partial charge is 0.480 e. The standard InChI is InChI=1S/C31H41N7O10/c1-17(32)26(42)34-20(12-18-8-4-2-5-9-18)28(44)37-24(16-40)30(46)38-23(15-39)29(45)35-21(13-19-10-6-3-7-11-19)27(43)36-22(31(47)48)14-25(33)41/h2-11,17,20-24,39-40H,12-16,32H2,1H3,(H2,33,41)(H,34,42)(H,35,45)(H,36,43)(H,37,44)(H,38,46)(H,47,48)/t17-,20-,21-,22-,23-,24-/m0/s1. The van der Waals surface area contributed by atoms with Gasteiger partial charge in [0, 0.05) is 12.8 Å². The lowest BCUT2D eigenvalue weighted by atomic mass is 10.0. The first-order valence-electron chi connectivity index (χ1n) is 14.8. The molecule has 0 aliphatic rings. The zero-order valence-corrected chi connectivity index (χ0v) is 26.1. The zero-order chi connectivity index (χ0) is 35.8. The third-order valence-electron chi connectivity index (χ3n) is 6.90. The molecule has 0 heterocycles. The maximum atomic E-state index is 13.2. The monoisotopic (exact) mass is 671 g/mol. The number of nitrogens with one attached hydrogen (secondary N) is 5. The van der Waals surface area contributed by atoms with Crippen LogP contribution in [0.2, 0.25) is 0 Å². The molecule has 260 valence electrons. The molecule has 0 aromatic heterocycles. The molecule has 17 heteroatoms. The fourth-order valence-corrected chi connectivity index (χ4v) is 4.30. The molecular weight excluding hydrogens is 630 g/mol. The Labute approximate surface area is 275 Å². The molecule has 48 heavy (non-hydrogen) atoms. The Morgan fingerprint density at radius 1 is 0.583 bits per heavy atom. The Morgan fingerprint density at radius 3 is 1.25 bits per heavy atom. The quantitative estimate of drug-likeness (QED) is 0.0690. The van der Waals surface area contributed by atoms with Gasteiger partial charge in [-0.15, -0.1) is 0 Å². The topological polar surface area (TPSA) is 292 Å². The Hall–Kier alpha value is -5.39. The van der Waals surface area contributed by atoms with E-state index >= 15 is 0 Å². The highest BCUT2D eigenvalue weighted by molar-refractivity contribution is 5.97. The number of aliphatic hydroxyl groups is 2. The predicted octanol–water partition coefficient (Wildman–Crippen LogP) is -3.81. The Morgan fingerprint density at radius 2 is 0.917 bits per heavy atom. The van der Waals surface area contributed by atoms with Gasteiger partial charge in [0.25, 0.3) is 0 Å². The molecule has 2 aromatic rings. The van der Waals surface area contributed by atoms with Crippen LogP contribution in [0.3, 0.4) is 0 Å². The fraction of sp³-hybridized carbons (Fsp3) is 0.387. The van der Waals surface area contributed by atoms with Crippen LogP contribution in [0.25, 0.3) is 0 Å². The van der Waals surface area contributed by atoms with Crippen LogP contribution in [0.15, 0.2) is 60.7 Å². The van der Waals surface area contributed by atoms with E-state index < -0.39 is 97.3 Å². The molecule has 0 unspecified atom stereocenters. The summed E-state index contributed by atoms with van der Waals surface area (Å²) in [5.74, 6) is -7.20. The summed E-state index contributed by atoms with van der Waals surface area (Å²) in [4.78, 5) is 87.7. The van der Waals surface area contributed by atoms with Crippen molar-refractivity contribution in [2.45, 2.75) is 62.4 Å². The number of hydrogen-bond acceptors (Lipinski definition) is 10. The number of aliphatic hydroxyl groups excluding tert-OH is 2. The van der Waals surface area contributed by atoms with Crippen LogP contribution in [0.1, 0.15) is 24.5 Å². The first-order valence-corrected chi connectivity index (χ1v) is 14.8. The molecule has 0 saturated carbocycles. The average Bonchev–Trinajstić information content (AvgIpc) is 3.05. The molecule has 17 nitrogen and oxygen atoms in total. The highest BCUT2D eigenvalue weighted by Gasteiger charge is 2.33. The lowest BCUT2D eigenvalue weighted by Gasteiger charge is -2.26. The SMILES string of the molecule is C[C@H](N)C(=O)N[C@@H](Cc1ccccc1)C(=O)N[C@@H](CO)C(=O)N[C@@H](CO)C(=O)N[C@@H](Cc1ccccc1)C(=O)N[C@@H](CC(N)=O)C(=O)O. The van der Waals surface area contributed by atoms with Gasteiger partial charge in [-0.25, -0.2) is 4.79 Å². The molecule has 0 spiro atoms. The van der Waals surface area contributed by atoms with Crippen LogP contribution >= 0.6 is 0 Å². The Kier molecular flexibility index (Phi) is 15.6. The molecule has 2 rings (SSSR count). The molecule has 0 aliphatic heterocycles. The van der Waals surface area contributed by atoms with Crippen LogP contribution < -0.4 is 38.1 Å². The number of carboxylic acid groups (broad SMARTS) is 1. The van der Waals surface area contributed by atoms with Gasteiger partial charge in [0.05, 0.1) is 25.7 Å². The molecule has 2 aromatic carbocycles. The van der Waals surface area contributed by atoms with Crippen molar-refractivity contribution >= 4 is 41.4 Å². The number of carboxylic acids is 1. The summed E-state index contributed by atoms with van der Waals surface area (Å²) in [6.07, 6.45) is -0.865. The summed E-state index contributed by atoms with van der Waals surface area (Å²) in [6, 6.07) is 8.27. The van der Waals surface area contributed by atoms with Gasteiger partial charge in [-0.1, -0.05) is 60.7 Å². The predicted molar refractivity (Wildman–Crippen MR) is 169 cm³/mol. The lowest BCUT2D eigenvalue weighted by molar-refractivity contribution is -0.143. The fourth-order valence-electron chi connectivity index (χ4n) is 4.30. The number of aliphatic carboxylic acids is 1. The van der Waals surface area contributed by atoms with Crippen LogP contribution in [0.4, 0.5) is 0 Å². The molecule has 0 radical (unpaired) electrons. The van der Waals surface area contributed by atoms with E-state index in [4.69, 9.17) is 11.5 Å². The zero-order valence-electron chi connectivity index (χ0n) is 26.1. The summed E-state index contributed by atoms with van der Waals surface area (Å²) in [7, 11) is 0. The number of rotatable bonds is 19. The summed E-state index contributed by atoms with van der Waals surface area (Å²) in [5.41, 5.74) is 11.9. The summed E-state index contributed by atoms with van der Waals surface area (Å²) >= 11 is 0. The van der Waals surface area contributed by atoms with E-state index in [-0.39, 0.29) is 12.8 Å². The van der Waals surface area contributed by atoms with Crippen molar-refractivity contribution in [3.63, 3.8) is 0 Å². The van der Waals surface area contributed by atoms with E-state index in [0.29, 0.717) is 11.1 Å². The number of carbonyl (C=O) groups is 7. The van der Waals surface area contributed by atoms with Gasteiger partial charge < -0.3 is 53.4 Å². The highest BCUT2D eigenvalue weighted by atomic mass is 16.4. The highest BCUT2D eigenvalue weighted by Crippen LogP contribution is 2.07. The minimum absolute atomic E-state index is 0.0135. The number of nitrogens with two attached hydrogens (primary N) is 2. The average molecular weight is 672 g/mol. The van der Waals surface area contributed by atoms with Crippen molar-refractivity contribution in [3.8, 4) is 0 Å². The van der Waals surface area contributed by atoms with E-state index in [2.05, 4.69) is 26.6 Å². The Balaban J connectivity index is 2.19. The first kappa shape index (κ1) is 38.8. The minimum atomic E-state index is -1.70. The normalized spacial score (nSPS) is 14.5. The molecule has 0 bridgehead atoms. The summed E-state index contributed by atoms with van der Waals surface area (Å²) in [5, 5.41) is 40.7. The van der Waals surface area contributed by atoms with Crippen LogP contribution in [0.5, 0.6) is 0 Å². The molecule has 0 saturated heterocycles. The van der Waals surface area contributed by atoms with E-state index in [9.17, 15) is 48.9 Å². The van der Waals surface area contributed by atoms with Gasteiger partial charge in [0.1, 0.15) is 30.2 Å². The Bertz CT molecular complexity index is 1430. The first-order chi connectivity index (χ1) is 22.7. The number of hydrogen-bond donors (Lipinski definition) is 10. The second-order valence-electron chi connectivity index (χ2n) is 10.8. The smallest absolute Gasteiger partial charge is 0.326 e. The van der Waals surface area contributed by atoms with Crippen molar-refractivity contribution in [2.75, 3.05) is 13.2 Å². The molecule has 6 atom stereocenters. The summed E-state index contributed by atoms with van der Waals surface area (Å²) in [6.45, 7) is -0.507. The number of amides is 6. The number of carbonyl (C=O) groups excluding carboxylic acids is 6. The van der Waals surface area contributed by atoms with E-state index in [1.165, 1.54) is 6.92 Å². The van der Waals surface area contributed by atoms with Gasteiger partial charge in [0.2, 0.25) is 35.4 Å². The molecule has 12 N–H and O–H groups in total. The molecule has 0 aliphatic carbocycles. The van der Waals surface area contributed by atoms with Crippen molar-refractivity contribution in [2.24, 2.45) is 11.5 Å².